The summed E-state index contributed by atoms with van der Waals surface area (Å²) in [5.74, 6) is -1.46. The first-order chi connectivity index (χ1) is 16.4. The van der Waals surface area contributed by atoms with Crippen molar-refractivity contribution in [3.05, 3.63) is 24.6 Å². The highest BCUT2D eigenvalue weighted by Gasteiger charge is 2.30. The third-order valence-corrected chi connectivity index (χ3v) is 4.59. The normalized spacial score (nSPS) is 11.4. The first-order valence-electron chi connectivity index (χ1n) is 12.2. The highest BCUT2D eigenvalue weighted by molar-refractivity contribution is 5.92. The van der Waals surface area contributed by atoms with Crippen LogP contribution in [0.3, 0.4) is 0 Å². The monoisotopic (exact) mass is 512 g/mol. The fourth-order valence-corrected chi connectivity index (χ4v) is 2.80. The molecule has 0 aliphatic heterocycles. The van der Waals surface area contributed by atoms with E-state index >= 15 is 0 Å². The Morgan fingerprint density at radius 3 is 1.25 bits per heavy atom. The standard InChI is InChI=1S/C26H44N2O8/c1-12-33-21(29)19(4)27(23(31)35-25(6,7)8)16-14-18(3)15-17-28(20(5)22(30)34-13-2)24(32)36-26(9,10)11/h18H,4-5,12-17H2,1-3,6-11H3. The van der Waals surface area contributed by atoms with Gasteiger partial charge in [0.2, 0.25) is 0 Å². The highest BCUT2D eigenvalue weighted by atomic mass is 16.6. The van der Waals surface area contributed by atoms with Gasteiger partial charge in [0.05, 0.1) is 13.2 Å². The molecular formula is C26H44N2O8. The van der Waals surface area contributed by atoms with Crippen LogP contribution in [0.1, 0.15) is 75.2 Å². The van der Waals surface area contributed by atoms with Crippen molar-refractivity contribution in [1.29, 1.82) is 0 Å². The van der Waals surface area contributed by atoms with Crippen LogP contribution in [0.2, 0.25) is 0 Å². The third-order valence-electron chi connectivity index (χ3n) is 4.59. The Kier molecular flexibility index (Phi) is 13.3. The summed E-state index contributed by atoms with van der Waals surface area (Å²) in [5.41, 5.74) is -1.78. The quantitative estimate of drug-likeness (QED) is 0.203. The second kappa shape index (κ2) is 14.5. The minimum absolute atomic E-state index is 0.0372. The molecule has 10 heteroatoms. The van der Waals surface area contributed by atoms with Crippen molar-refractivity contribution in [3.63, 3.8) is 0 Å². The second-order valence-corrected chi connectivity index (χ2v) is 10.3. The van der Waals surface area contributed by atoms with Gasteiger partial charge in [0.1, 0.15) is 22.6 Å². The lowest BCUT2D eigenvalue weighted by molar-refractivity contribution is -0.141. The van der Waals surface area contributed by atoms with Crippen LogP contribution in [-0.4, -0.2) is 71.4 Å². The summed E-state index contributed by atoms with van der Waals surface area (Å²) in [7, 11) is 0. The zero-order chi connectivity index (χ0) is 28.3. The van der Waals surface area contributed by atoms with E-state index in [1.807, 2.05) is 6.92 Å². The smallest absolute Gasteiger partial charge is 0.415 e. The maximum atomic E-state index is 12.7. The highest BCUT2D eigenvalue weighted by Crippen LogP contribution is 2.20. The van der Waals surface area contributed by atoms with Crippen molar-refractivity contribution in [1.82, 2.24) is 9.80 Å². The molecule has 0 bridgehead atoms. The van der Waals surface area contributed by atoms with Gasteiger partial charge in [-0.05, 0) is 74.1 Å². The first kappa shape index (κ1) is 33.0. The van der Waals surface area contributed by atoms with Gasteiger partial charge in [-0.3, -0.25) is 9.80 Å². The Hall–Kier alpha value is -3.04. The Labute approximate surface area is 215 Å². The molecule has 0 unspecified atom stereocenters. The number of carbonyl (C=O) groups excluding carboxylic acids is 4. The number of rotatable bonds is 12. The van der Waals surface area contributed by atoms with Crippen LogP contribution in [0.5, 0.6) is 0 Å². The van der Waals surface area contributed by atoms with Gasteiger partial charge < -0.3 is 18.9 Å². The summed E-state index contributed by atoms with van der Waals surface area (Å²) in [5, 5.41) is 0. The second-order valence-electron chi connectivity index (χ2n) is 10.3. The molecule has 0 saturated carbocycles. The lowest BCUT2D eigenvalue weighted by Crippen LogP contribution is -2.40. The van der Waals surface area contributed by atoms with E-state index in [0.717, 1.165) is 9.80 Å². The molecule has 0 fully saturated rings. The van der Waals surface area contributed by atoms with E-state index < -0.39 is 35.3 Å². The molecule has 0 radical (unpaired) electrons. The van der Waals surface area contributed by atoms with Gasteiger partial charge in [-0.2, -0.15) is 0 Å². The summed E-state index contributed by atoms with van der Waals surface area (Å²) in [6.07, 6.45) is -0.519. The van der Waals surface area contributed by atoms with E-state index in [9.17, 15) is 19.2 Å². The van der Waals surface area contributed by atoms with Gasteiger partial charge in [-0.15, -0.1) is 0 Å². The van der Waals surface area contributed by atoms with Crippen LogP contribution in [0.15, 0.2) is 24.6 Å². The van der Waals surface area contributed by atoms with Crippen LogP contribution < -0.4 is 0 Å². The van der Waals surface area contributed by atoms with Gasteiger partial charge in [0.25, 0.3) is 0 Å². The molecule has 36 heavy (non-hydrogen) atoms. The number of nitrogens with zero attached hydrogens (tertiary/aromatic N) is 2. The molecule has 0 aromatic carbocycles. The molecule has 0 spiro atoms. The van der Waals surface area contributed by atoms with Gasteiger partial charge in [-0.1, -0.05) is 20.1 Å². The Bertz CT molecular complexity index is 742. The molecule has 0 atom stereocenters. The maximum Gasteiger partial charge on any atom is 0.415 e. The zero-order valence-corrected chi connectivity index (χ0v) is 23.4. The van der Waals surface area contributed by atoms with Crippen LogP contribution in [0, 0.1) is 5.92 Å². The van der Waals surface area contributed by atoms with Gasteiger partial charge in [0, 0.05) is 13.1 Å². The molecule has 0 aromatic heterocycles. The topological polar surface area (TPSA) is 112 Å². The van der Waals surface area contributed by atoms with E-state index in [0.29, 0.717) is 12.8 Å². The van der Waals surface area contributed by atoms with Crippen molar-refractivity contribution >= 4 is 24.1 Å². The summed E-state index contributed by atoms with van der Waals surface area (Å²) in [6.45, 7) is 23.6. The molecule has 0 aliphatic rings. The van der Waals surface area contributed by atoms with E-state index in [-0.39, 0.29) is 43.6 Å². The molecule has 206 valence electrons. The number of amides is 2. The fourth-order valence-electron chi connectivity index (χ4n) is 2.80. The average Bonchev–Trinajstić information content (AvgIpc) is 2.71. The molecular weight excluding hydrogens is 468 g/mol. The molecule has 10 nitrogen and oxygen atoms in total. The average molecular weight is 513 g/mol. The van der Waals surface area contributed by atoms with Crippen LogP contribution in [-0.2, 0) is 28.5 Å². The Morgan fingerprint density at radius 1 is 0.694 bits per heavy atom. The number of hydrogen-bond donors (Lipinski definition) is 0. The predicted octanol–water partition coefficient (Wildman–Crippen LogP) is 5.03. The molecule has 0 aliphatic carbocycles. The predicted molar refractivity (Wildman–Crippen MR) is 136 cm³/mol. The van der Waals surface area contributed by atoms with Crippen LogP contribution in [0.4, 0.5) is 9.59 Å². The van der Waals surface area contributed by atoms with E-state index in [1.54, 1.807) is 55.4 Å². The number of carbonyl (C=O) groups is 4. The van der Waals surface area contributed by atoms with E-state index in [4.69, 9.17) is 18.9 Å². The van der Waals surface area contributed by atoms with Gasteiger partial charge in [0.15, 0.2) is 0 Å². The summed E-state index contributed by atoms with van der Waals surface area (Å²) < 4.78 is 20.8. The van der Waals surface area contributed by atoms with Crippen molar-refractivity contribution in [2.75, 3.05) is 26.3 Å². The fraction of sp³-hybridized carbons (Fsp3) is 0.692. The minimum Gasteiger partial charge on any atom is -0.461 e. The molecule has 0 aromatic rings. The first-order valence-corrected chi connectivity index (χ1v) is 12.2. The molecule has 0 heterocycles. The molecule has 2 amide bonds. The Balaban J connectivity index is 5.43. The van der Waals surface area contributed by atoms with E-state index in [1.165, 1.54) is 0 Å². The lowest BCUT2D eigenvalue weighted by atomic mass is 10.0. The largest absolute Gasteiger partial charge is 0.461 e. The Morgan fingerprint density at radius 2 is 1.00 bits per heavy atom. The summed E-state index contributed by atoms with van der Waals surface area (Å²) >= 11 is 0. The number of esters is 2. The summed E-state index contributed by atoms with van der Waals surface area (Å²) in [6, 6.07) is 0. The van der Waals surface area contributed by atoms with Crippen molar-refractivity contribution in [2.24, 2.45) is 5.92 Å². The molecule has 0 rings (SSSR count). The van der Waals surface area contributed by atoms with Crippen molar-refractivity contribution in [2.45, 2.75) is 86.4 Å². The third kappa shape index (κ3) is 12.6. The summed E-state index contributed by atoms with van der Waals surface area (Å²) in [4.78, 5) is 52.2. The minimum atomic E-state index is -0.767. The van der Waals surface area contributed by atoms with Crippen molar-refractivity contribution in [3.8, 4) is 0 Å². The van der Waals surface area contributed by atoms with Crippen molar-refractivity contribution < 1.29 is 38.1 Å². The van der Waals surface area contributed by atoms with Gasteiger partial charge in [-0.25, -0.2) is 19.2 Å². The van der Waals surface area contributed by atoms with Crippen LogP contribution in [0.25, 0.3) is 0 Å². The van der Waals surface area contributed by atoms with E-state index in [2.05, 4.69) is 13.2 Å². The number of ether oxygens (including phenoxy) is 4. The van der Waals surface area contributed by atoms with Crippen LogP contribution >= 0.6 is 0 Å². The molecule has 0 N–H and O–H groups in total. The maximum absolute atomic E-state index is 12.7. The SMILES string of the molecule is C=C(C(=O)OCC)N(CCC(C)CCN(C(=C)C(=O)OCC)C(=O)OC(C)(C)C)C(=O)OC(C)(C)C. The zero-order valence-electron chi connectivity index (χ0n) is 23.4. The molecule has 0 saturated heterocycles. The van der Waals surface area contributed by atoms with Gasteiger partial charge >= 0.3 is 24.1 Å². The lowest BCUT2D eigenvalue weighted by Gasteiger charge is -2.30. The number of hydrogen-bond acceptors (Lipinski definition) is 8.